The minimum atomic E-state index is 0.409. The zero-order valence-electron chi connectivity index (χ0n) is 13.7. The Kier molecular flexibility index (Phi) is 4.93. The van der Waals surface area contributed by atoms with Crippen LogP contribution in [0.5, 0.6) is 5.75 Å². The number of benzene rings is 2. The number of nitrogens with one attached hydrogen (secondary N) is 2. The van der Waals surface area contributed by atoms with E-state index < -0.39 is 0 Å². The van der Waals surface area contributed by atoms with Crippen LogP contribution in [0, 0.1) is 0 Å². The molecule has 1 aromatic heterocycles. The van der Waals surface area contributed by atoms with Crippen LogP contribution in [0.4, 0.5) is 0 Å². The lowest BCUT2D eigenvalue weighted by molar-refractivity contribution is 0.414. The number of imidazole rings is 1. The second-order valence-electron chi connectivity index (χ2n) is 5.86. The van der Waals surface area contributed by atoms with Gasteiger partial charge in [-0.05, 0) is 43.2 Å². The summed E-state index contributed by atoms with van der Waals surface area (Å²) in [5.41, 5.74) is 3.42. The van der Waals surface area contributed by atoms with Crippen LogP contribution in [0.3, 0.4) is 0 Å². The van der Waals surface area contributed by atoms with Gasteiger partial charge in [-0.25, -0.2) is 4.98 Å². The molecule has 0 saturated heterocycles. The Morgan fingerprint density at radius 3 is 2.87 bits per heavy atom. The lowest BCUT2D eigenvalue weighted by Gasteiger charge is -2.14. The number of para-hydroxylation sites is 2. The Labute approximate surface area is 136 Å². The maximum Gasteiger partial charge on any atom is 0.119 e. The molecule has 0 unspecified atom stereocenters. The summed E-state index contributed by atoms with van der Waals surface area (Å²) in [7, 11) is 1.70. The number of nitrogens with zero attached hydrogens (tertiary/aromatic N) is 1. The zero-order chi connectivity index (χ0) is 16.1. The molecule has 3 rings (SSSR count). The van der Waals surface area contributed by atoms with E-state index in [1.54, 1.807) is 7.11 Å². The molecule has 2 aromatic carbocycles. The summed E-state index contributed by atoms with van der Waals surface area (Å²) in [6.07, 6.45) is 1.88. The fourth-order valence-electron chi connectivity index (χ4n) is 2.79. The third-order valence-corrected chi connectivity index (χ3v) is 3.97. The average molecular weight is 309 g/mol. The first kappa shape index (κ1) is 15.6. The van der Waals surface area contributed by atoms with E-state index in [1.165, 1.54) is 5.56 Å². The van der Waals surface area contributed by atoms with E-state index in [9.17, 15) is 0 Å². The lowest BCUT2D eigenvalue weighted by Crippen LogP contribution is -2.30. The maximum absolute atomic E-state index is 5.27. The molecule has 1 atom stereocenters. The third kappa shape index (κ3) is 4.11. The number of ether oxygens (including phenoxy) is 1. The summed E-state index contributed by atoms with van der Waals surface area (Å²) in [5, 5.41) is 3.56. The van der Waals surface area contributed by atoms with Crippen molar-refractivity contribution >= 4 is 11.0 Å². The summed E-state index contributed by atoms with van der Waals surface area (Å²) < 4.78 is 5.27. The molecule has 0 saturated carbocycles. The summed E-state index contributed by atoms with van der Waals surface area (Å²) in [4.78, 5) is 7.97. The molecule has 23 heavy (non-hydrogen) atoms. The monoisotopic (exact) mass is 309 g/mol. The van der Waals surface area contributed by atoms with E-state index >= 15 is 0 Å². The van der Waals surface area contributed by atoms with Gasteiger partial charge in [-0.3, -0.25) is 0 Å². The van der Waals surface area contributed by atoms with Crippen LogP contribution in [0.2, 0.25) is 0 Å². The second kappa shape index (κ2) is 7.29. The van der Waals surface area contributed by atoms with Gasteiger partial charge >= 0.3 is 0 Å². The molecule has 1 heterocycles. The first-order valence-electron chi connectivity index (χ1n) is 8.04. The topological polar surface area (TPSA) is 49.9 Å². The molecule has 3 aromatic rings. The first-order chi connectivity index (χ1) is 11.2. The van der Waals surface area contributed by atoms with Crippen molar-refractivity contribution in [2.45, 2.75) is 25.8 Å². The van der Waals surface area contributed by atoms with Gasteiger partial charge in [0.2, 0.25) is 0 Å². The van der Waals surface area contributed by atoms with Crippen LogP contribution < -0.4 is 10.1 Å². The van der Waals surface area contributed by atoms with Crippen molar-refractivity contribution in [3.05, 3.63) is 59.9 Å². The number of hydrogen-bond acceptors (Lipinski definition) is 3. The standard InChI is InChI=1S/C19H23N3O/c1-14(12-15-6-5-7-16(13-15)23-2)20-11-10-19-21-17-8-3-4-9-18(17)22-19/h3-9,13-14,20H,10-12H2,1-2H3,(H,21,22)/t14-/m0/s1. The predicted octanol–water partition coefficient (Wildman–Crippen LogP) is 3.33. The van der Waals surface area contributed by atoms with E-state index in [0.717, 1.165) is 42.0 Å². The molecule has 120 valence electrons. The quantitative estimate of drug-likeness (QED) is 0.704. The first-order valence-corrected chi connectivity index (χ1v) is 8.04. The number of aromatic nitrogens is 2. The number of hydrogen-bond donors (Lipinski definition) is 2. The van der Waals surface area contributed by atoms with Crippen LogP contribution >= 0.6 is 0 Å². The van der Waals surface area contributed by atoms with Crippen LogP contribution in [0.25, 0.3) is 11.0 Å². The summed E-state index contributed by atoms with van der Waals surface area (Å²) >= 11 is 0. The fourth-order valence-corrected chi connectivity index (χ4v) is 2.79. The van der Waals surface area contributed by atoms with Gasteiger partial charge in [-0.1, -0.05) is 24.3 Å². The molecule has 2 N–H and O–H groups in total. The minimum absolute atomic E-state index is 0.409. The summed E-state index contributed by atoms with van der Waals surface area (Å²) in [6.45, 7) is 3.11. The highest BCUT2D eigenvalue weighted by Crippen LogP contribution is 2.14. The molecular formula is C19H23N3O. The molecule has 0 aliphatic heterocycles. The van der Waals surface area contributed by atoms with Crippen LogP contribution in [0.1, 0.15) is 18.3 Å². The molecule has 0 radical (unpaired) electrons. The largest absolute Gasteiger partial charge is 0.497 e. The maximum atomic E-state index is 5.27. The Balaban J connectivity index is 1.49. The Bertz CT molecular complexity index is 733. The number of rotatable bonds is 7. The molecule has 0 aliphatic rings. The summed E-state index contributed by atoms with van der Waals surface area (Å²) in [5.74, 6) is 1.95. The fraction of sp³-hybridized carbons (Fsp3) is 0.316. The van der Waals surface area contributed by atoms with Gasteiger partial charge in [0.1, 0.15) is 11.6 Å². The molecule has 0 spiro atoms. The average Bonchev–Trinajstić information content (AvgIpc) is 2.97. The van der Waals surface area contributed by atoms with Gasteiger partial charge in [0.15, 0.2) is 0 Å². The van der Waals surface area contributed by atoms with E-state index in [2.05, 4.69) is 40.4 Å². The number of fused-ring (bicyclic) bond motifs is 1. The van der Waals surface area contributed by atoms with Gasteiger partial charge in [-0.15, -0.1) is 0 Å². The molecular weight excluding hydrogens is 286 g/mol. The molecule has 0 aliphatic carbocycles. The van der Waals surface area contributed by atoms with Gasteiger partial charge in [0, 0.05) is 19.0 Å². The third-order valence-electron chi connectivity index (χ3n) is 3.97. The number of methoxy groups -OCH3 is 1. The van der Waals surface area contributed by atoms with Crippen LogP contribution in [-0.4, -0.2) is 29.7 Å². The van der Waals surface area contributed by atoms with Crippen molar-refractivity contribution in [1.82, 2.24) is 15.3 Å². The summed E-state index contributed by atoms with van der Waals surface area (Å²) in [6, 6.07) is 16.8. The van der Waals surface area contributed by atoms with Crippen molar-refractivity contribution in [1.29, 1.82) is 0 Å². The van der Waals surface area contributed by atoms with Crippen molar-refractivity contribution in [3.63, 3.8) is 0 Å². The van der Waals surface area contributed by atoms with Crippen LogP contribution in [-0.2, 0) is 12.8 Å². The lowest BCUT2D eigenvalue weighted by atomic mass is 10.1. The molecule has 0 bridgehead atoms. The predicted molar refractivity (Wildman–Crippen MR) is 94.0 cm³/mol. The Hall–Kier alpha value is -2.33. The van der Waals surface area contributed by atoms with Gasteiger partial charge in [0.25, 0.3) is 0 Å². The highest BCUT2D eigenvalue weighted by Gasteiger charge is 2.06. The van der Waals surface area contributed by atoms with E-state index in [0.29, 0.717) is 6.04 Å². The number of aromatic amines is 1. The van der Waals surface area contributed by atoms with Gasteiger partial charge in [0.05, 0.1) is 18.1 Å². The number of H-pyrrole nitrogens is 1. The van der Waals surface area contributed by atoms with Gasteiger partial charge in [-0.2, -0.15) is 0 Å². The minimum Gasteiger partial charge on any atom is -0.497 e. The highest BCUT2D eigenvalue weighted by atomic mass is 16.5. The highest BCUT2D eigenvalue weighted by molar-refractivity contribution is 5.74. The Morgan fingerprint density at radius 2 is 2.04 bits per heavy atom. The van der Waals surface area contributed by atoms with E-state index in [4.69, 9.17) is 4.74 Å². The van der Waals surface area contributed by atoms with Crippen molar-refractivity contribution in [2.24, 2.45) is 0 Å². The van der Waals surface area contributed by atoms with E-state index in [-0.39, 0.29) is 0 Å². The molecule has 4 nitrogen and oxygen atoms in total. The molecule has 4 heteroatoms. The van der Waals surface area contributed by atoms with Crippen molar-refractivity contribution in [2.75, 3.05) is 13.7 Å². The van der Waals surface area contributed by atoms with Crippen molar-refractivity contribution in [3.8, 4) is 5.75 Å². The Morgan fingerprint density at radius 1 is 1.17 bits per heavy atom. The SMILES string of the molecule is COc1cccc(C[C@H](C)NCCc2nc3ccccc3[nH]2)c1. The normalized spacial score (nSPS) is 12.4. The zero-order valence-corrected chi connectivity index (χ0v) is 13.7. The molecule has 0 fully saturated rings. The smallest absolute Gasteiger partial charge is 0.119 e. The molecule has 0 amide bonds. The van der Waals surface area contributed by atoms with Gasteiger partial charge < -0.3 is 15.0 Å². The van der Waals surface area contributed by atoms with E-state index in [1.807, 2.05) is 30.3 Å². The van der Waals surface area contributed by atoms with Crippen LogP contribution in [0.15, 0.2) is 48.5 Å². The second-order valence-corrected chi connectivity index (χ2v) is 5.86. The van der Waals surface area contributed by atoms with Crippen molar-refractivity contribution < 1.29 is 4.74 Å².